The summed E-state index contributed by atoms with van der Waals surface area (Å²) in [5.74, 6) is 0.282. The summed E-state index contributed by atoms with van der Waals surface area (Å²) < 4.78 is 0. The first-order valence-corrected chi connectivity index (χ1v) is 3.59. The summed E-state index contributed by atoms with van der Waals surface area (Å²) in [4.78, 5) is -0.765. The number of fused-ring (bicyclic) bond motifs is 1. The maximum absolute atomic E-state index is 9.29. The first-order valence-electron chi connectivity index (χ1n) is 2.71. The van der Waals surface area contributed by atoms with Crippen LogP contribution in [0.5, 0.6) is 0 Å². The van der Waals surface area contributed by atoms with Crippen LogP contribution in [0.1, 0.15) is 0 Å². The fraction of sp³-hybridized carbons (Fsp3) is 0.333. The average Bonchev–Trinajstić information content (AvgIpc) is 2.43. The highest BCUT2D eigenvalue weighted by atomic mass is 32.2. The van der Waals surface area contributed by atoms with Crippen molar-refractivity contribution in [3.8, 4) is 0 Å². The van der Waals surface area contributed by atoms with Crippen molar-refractivity contribution in [3.63, 3.8) is 0 Å². The second-order valence-electron chi connectivity index (χ2n) is 2.20. The Morgan fingerprint density at radius 1 is 1.67 bits per heavy atom. The third-order valence-electron chi connectivity index (χ3n) is 1.50. The summed E-state index contributed by atoms with van der Waals surface area (Å²) in [6.07, 6.45) is 4.98. The second-order valence-corrected chi connectivity index (χ2v) is 3.56. The Hall–Kier alpha value is -0.410. The molecule has 0 saturated carbocycles. The van der Waals surface area contributed by atoms with Crippen LogP contribution in [0, 0.1) is 0 Å². The van der Waals surface area contributed by atoms with E-state index in [0.717, 1.165) is 0 Å². The lowest BCUT2D eigenvalue weighted by Gasteiger charge is -2.03. The van der Waals surface area contributed by atoms with E-state index in [4.69, 9.17) is 5.11 Å². The van der Waals surface area contributed by atoms with Gasteiger partial charge in [-0.3, -0.25) is 0 Å². The van der Waals surface area contributed by atoms with Crippen molar-refractivity contribution in [1.29, 1.82) is 0 Å². The highest BCUT2D eigenvalue weighted by Crippen LogP contribution is 2.56. The Morgan fingerprint density at radius 3 is 3.00 bits per heavy atom. The van der Waals surface area contributed by atoms with Crippen LogP contribution < -0.4 is 0 Å². The van der Waals surface area contributed by atoms with Crippen molar-refractivity contribution in [2.24, 2.45) is 0 Å². The molecule has 2 unspecified atom stereocenters. The van der Waals surface area contributed by atoms with Crippen LogP contribution in [0.15, 0.2) is 24.0 Å². The van der Waals surface area contributed by atoms with Crippen LogP contribution in [0.4, 0.5) is 0 Å². The van der Waals surface area contributed by atoms with Crippen molar-refractivity contribution < 1.29 is 10.2 Å². The van der Waals surface area contributed by atoms with Crippen LogP contribution >= 0.6 is 11.8 Å². The minimum atomic E-state index is -0.765. The number of aliphatic hydroxyl groups excluding tert-OH is 1. The molecule has 1 aliphatic heterocycles. The monoisotopic (exact) mass is 142 g/mol. The van der Waals surface area contributed by atoms with E-state index in [1.807, 2.05) is 0 Å². The molecule has 2 N–H and O–H groups in total. The van der Waals surface area contributed by atoms with Crippen LogP contribution in [0.3, 0.4) is 0 Å². The molecule has 0 amide bonds. The summed E-state index contributed by atoms with van der Waals surface area (Å²) in [7, 11) is 0. The molecule has 0 bridgehead atoms. The van der Waals surface area contributed by atoms with E-state index in [9.17, 15) is 5.11 Å². The summed E-state index contributed by atoms with van der Waals surface area (Å²) in [5.41, 5.74) is 0. The number of hydrogen-bond acceptors (Lipinski definition) is 3. The van der Waals surface area contributed by atoms with Gasteiger partial charge in [0.15, 0.2) is 0 Å². The van der Waals surface area contributed by atoms with E-state index in [1.165, 1.54) is 11.8 Å². The number of rotatable bonds is 0. The molecule has 1 fully saturated rings. The molecule has 2 nitrogen and oxygen atoms in total. The minimum Gasteiger partial charge on any atom is -0.511 e. The van der Waals surface area contributed by atoms with Gasteiger partial charge in [0.05, 0.1) is 0 Å². The molecule has 0 aromatic rings. The van der Waals surface area contributed by atoms with E-state index in [1.54, 1.807) is 18.2 Å². The predicted molar refractivity (Wildman–Crippen MR) is 36.2 cm³/mol. The molecule has 0 spiro atoms. The topological polar surface area (TPSA) is 40.5 Å². The third-order valence-corrected chi connectivity index (χ3v) is 2.83. The smallest absolute Gasteiger partial charge is 0.149 e. The number of thioether (sulfide) groups is 1. The molecule has 1 heterocycles. The molecule has 2 aliphatic rings. The van der Waals surface area contributed by atoms with Crippen LogP contribution in [0.25, 0.3) is 0 Å². The second kappa shape index (κ2) is 1.36. The number of hydrogen-bond donors (Lipinski definition) is 2. The zero-order chi connectivity index (χ0) is 6.48. The predicted octanol–water partition coefficient (Wildman–Crippen LogP) is 0.802. The fourth-order valence-corrected chi connectivity index (χ4v) is 1.79. The van der Waals surface area contributed by atoms with Crippen molar-refractivity contribution in [2.45, 2.75) is 10.2 Å². The van der Waals surface area contributed by atoms with Crippen molar-refractivity contribution in [2.75, 3.05) is 0 Å². The largest absolute Gasteiger partial charge is 0.511 e. The van der Waals surface area contributed by atoms with Gasteiger partial charge in [-0.2, -0.15) is 0 Å². The first kappa shape index (κ1) is 5.38. The van der Waals surface area contributed by atoms with Crippen LogP contribution in [-0.4, -0.2) is 20.4 Å². The lowest BCUT2D eigenvalue weighted by Crippen LogP contribution is -2.13. The van der Waals surface area contributed by atoms with Gasteiger partial charge in [-0.25, -0.2) is 0 Å². The van der Waals surface area contributed by atoms with Gasteiger partial charge in [-0.15, -0.1) is 11.8 Å². The van der Waals surface area contributed by atoms with Gasteiger partial charge in [-0.05, 0) is 12.2 Å². The normalized spacial score (nSPS) is 45.9. The number of allylic oxidation sites excluding steroid dienone is 2. The Kier molecular flexibility index (Phi) is 0.811. The van der Waals surface area contributed by atoms with Crippen molar-refractivity contribution in [3.05, 3.63) is 24.0 Å². The SMILES string of the molecule is OC1=CC=CC2(O)SC12. The quantitative estimate of drug-likeness (QED) is 0.491. The Balaban J connectivity index is 2.34. The zero-order valence-corrected chi connectivity index (χ0v) is 5.43. The van der Waals surface area contributed by atoms with Gasteiger partial charge < -0.3 is 10.2 Å². The Labute approximate surface area is 56.9 Å². The van der Waals surface area contributed by atoms with E-state index in [2.05, 4.69) is 0 Å². The molecule has 2 rings (SSSR count). The molecular formula is C6H6O2S. The molecule has 0 aromatic heterocycles. The van der Waals surface area contributed by atoms with Gasteiger partial charge in [0.2, 0.25) is 0 Å². The molecule has 1 aliphatic carbocycles. The van der Waals surface area contributed by atoms with Gasteiger partial charge in [0.25, 0.3) is 0 Å². The third kappa shape index (κ3) is 0.618. The minimum absolute atomic E-state index is 0.0810. The molecule has 0 radical (unpaired) electrons. The Bertz CT molecular complexity index is 209. The van der Waals surface area contributed by atoms with Crippen molar-refractivity contribution in [1.82, 2.24) is 0 Å². The van der Waals surface area contributed by atoms with Gasteiger partial charge in [0.1, 0.15) is 15.9 Å². The molecule has 1 saturated heterocycles. The summed E-state index contributed by atoms with van der Waals surface area (Å²) in [6.45, 7) is 0. The van der Waals surface area contributed by atoms with E-state index in [-0.39, 0.29) is 11.0 Å². The summed E-state index contributed by atoms with van der Waals surface area (Å²) in [5, 5.41) is 18.2. The van der Waals surface area contributed by atoms with Crippen molar-refractivity contribution >= 4 is 11.8 Å². The maximum atomic E-state index is 9.29. The Morgan fingerprint density at radius 2 is 2.44 bits per heavy atom. The standard InChI is InChI=1S/C6H6O2S/c7-4-2-1-3-6(8)5(4)9-6/h1-3,5,7-8H. The molecule has 9 heavy (non-hydrogen) atoms. The molecule has 2 atom stereocenters. The average molecular weight is 142 g/mol. The lowest BCUT2D eigenvalue weighted by molar-refractivity contribution is 0.209. The molecule has 0 aromatic carbocycles. The maximum Gasteiger partial charge on any atom is 0.149 e. The van der Waals surface area contributed by atoms with Gasteiger partial charge >= 0.3 is 0 Å². The zero-order valence-electron chi connectivity index (χ0n) is 4.61. The van der Waals surface area contributed by atoms with E-state index >= 15 is 0 Å². The summed E-state index contributed by atoms with van der Waals surface area (Å²) in [6, 6.07) is 0. The lowest BCUT2D eigenvalue weighted by atomic mass is 10.1. The highest BCUT2D eigenvalue weighted by Gasteiger charge is 2.56. The van der Waals surface area contributed by atoms with Crippen LogP contribution in [-0.2, 0) is 0 Å². The molecular weight excluding hydrogens is 136 g/mol. The summed E-state index contributed by atoms with van der Waals surface area (Å²) >= 11 is 1.36. The fourth-order valence-electron chi connectivity index (χ4n) is 0.926. The van der Waals surface area contributed by atoms with E-state index < -0.39 is 4.93 Å². The van der Waals surface area contributed by atoms with E-state index in [0.29, 0.717) is 0 Å². The first-order chi connectivity index (χ1) is 4.22. The highest BCUT2D eigenvalue weighted by molar-refractivity contribution is 8.08. The number of aliphatic hydroxyl groups is 2. The van der Waals surface area contributed by atoms with Gasteiger partial charge in [-0.1, -0.05) is 6.08 Å². The molecule has 3 heteroatoms. The van der Waals surface area contributed by atoms with Crippen LogP contribution in [0.2, 0.25) is 0 Å². The molecule has 48 valence electrons. The van der Waals surface area contributed by atoms with Gasteiger partial charge in [0, 0.05) is 0 Å².